The molecule has 0 aromatic heterocycles. The van der Waals surface area contributed by atoms with Crippen molar-refractivity contribution in [3.63, 3.8) is 0 Å². The third kappa shape index (κ3) is 3.13. The van der Waals surface area contributed by atoms with Gasteiger partial charge in [-0.25, -0.2) is 0 Å². The number of ether oxygens (including phenoxy) is 2. The highest BCUT2D eigenvalue weighted by atomic mass is 16.5. The van der Waals surface area contributed by atoms with Gasteiger partial charge in [0.1, 0.15) is 18.8 Å². The predicted molar refractivity (Wildman–Crippen MR) is 80.1 cm³/mol. The highest BCUT2D eigenvalue weighted by Gasteiger charge is 2.29. The Morgan fingerprint density at radius 1 is 1.30 bits per heavy atom. The van der Waals surface area contributed by atoms with Gasteiger partial charge in [0.2, 0.25) is 5.91 Å². The molecule has 0 aliphatic carbocycles. The van der Waals surface area contributed by atoms with Crippen molar-refractivity contribution in [2.75, 3.05) is 39.9 Å². The Labute approximate surface area is 133 Å². The van der Waals surface area contributed by atoms with Crippen LogP contribution in [0.2, 0.25) is 0 Å². The number of esters is 1. The second-order valence-corrected chi connectivity index (χ2v) is 5.54. The molecule has 0 N–H and O–H groups in total. The first-order valence-electron chi connectivity index (χ1n) is 7.48. The van der Waals surface area contributed by atoms with Crippen molar-refractivity contribution in [1.82, 2.24) is 9.80 Å². The smallest absolute Gasteiger partial charge is 0.325 e. The Bertz CT molecular complexity index is 658. The van der Waals surface area contributed by atoms with E-state index in [9.17, 15) is 14.4 Å². The molecule has 1 aromatic carbocycles. The van der Waals surface area contributed by atoms with E-state index in [1.807, 2.05) is 6.07 Å². The van der Waals surface area contributed by atoms with Crippen LogP contribution in [-0.2, 0) is 20.7 Å². The van der Waals surface area contributed by atoms with E-state index in [2.05, 4.69) is 4.74 Å². The maximum Gasteiger partial charge on any atom is 0.325 e. The number of carbonyl (C=O) groups is 3. The van der Waals surface area contributed by atoms with Crippen LogP contribution < -0.4 is 4.74 Å². The average Bonchev–Trinajstić information content (AvgIpc) is 3.03. The summed E-state index contributed by atoms with van der Waals surface area (Å²) >= 11 is 0. The summed E-state index contributed by atoms with van der Waals surface area (Å²) in [6, 6.07) is 5.35. The van der Waals surface area contributed by atoms with Crippen molar-refractivity contribution < 1.29 is 23.9 Å². The third-order valence-electron chi connectivity index (χ3n) is 4.09. The topological polar surface area (TPSA) is 76.2 Å². The van der Waals surface area contributed by atoms with Gasteiger partial charge in [-0.3, -0.25) is 14.4 Å². The minimum Gasteiger partial charge on any atom is -0.493 e. The largest absolute Gasteiger partial charge is 0.493 e. The molecule has 0 radical (unpaired) electrons. The lowest BCUT2D eigenvalue weighted by Gasteiger charge is -2.33. The Balaban J connectivity index is 1.65. The lowest BCUT2D eigenvalue weighted by atomic mass is 10.1. The zero-order chi connectivity index (χ0) is 16.4. The molecule has 0 unspecified atom stereocenters. The molecule has 23 heavy (non-hydrogen) atoms. The number of fused-ring (bicyclic) bond motifs is 1. The maximum atomic E-state index is 12.6. The zero-order valence-electron chi connectivity index (χ0n) is 12.9. The van der Waals surface area contributed by atoms with E-state index >= 15 is 0 Å². The van der Waals surface area contributed by atoms with Crippen LogP contribution in [0.15, 0.2) is 18.2 Å². The van der Waals surface area contributed by atoms with Crippen molar-refractivity contribution in [2.45, 2.75) is 6.42 Å². The molecule has 1 saturated heterocycles. The van der Waals surface area contributed by atoms with Crippen LogP contribution in [0.5, 0.6) is 5.75 Å². The highest BCUT2D eigenvalue weighted by molar-refractivity contribution is 5.97. The number of hydrogen-bond acceptors (Lipinski definition) is 5. The fourth-order valence-corrected chi connectivity index (χ4v) is 2.77. The van der Waals surface area contributed by atoms with Crippen LogP contribution >= 0.6 is 0 Å². The van der Waals surface area contributed by atoms with Gasteiger partial charge >= 0.3 is 5.97 Å². The summed E-state index contributed by atoms with van der Waals surface area (Å²) in [7, 11) is 1.28. The van der Waals surface area contributed by atoms with Crippen molar-refractivity contribution >= 4 is 17.8 Å². The fourth-order valence-electron chi connectivity index (χ4n) is 2.77. The van der Waals surface area contributed by atoms with Gasteiger partial charge < -0.3 is 19.3 Å². The maximum absolute atomic E-state index is 12.6. The molecule has 2 aliphatic rings. The molecule has 122 valence electrons. The van der Waals surface area contributed by atoms with Gasteiger partial charge in [0.15, 0.2) is 0 Å². The second-order valence-electron chi connectivity index (χ2n) is 5.54. The molecule has 0 bridgehead atoms. The lowest BCUT2D eigenvalue weighted by Crippen LogP contribution is -2.53. The van der Waals surface area contributed by atoms with Gasteiger partial charge in [-0.1, -0.05) is 0 Å². The Morgan fingerprint density at radius 2 is 2.13 bits per heavy atom. The summed E-state index contributed by atoms with van der Waals surface area (Å²) in [4.78, 5) is 38.8. The molecule has 3 rings (SSSR count). The van der Waals surface area contributed by atoms with Crippen molar-refractivity contribution in [3.05, 3.63) is 29.3 Å². The first-order chi connectivity index (χ1) is 11.1. The van der Waals surface area contributed by atoms with Gasteiger partial charge in [-0.15, -0.1) is 0 Å². The van der Waals surface area contributed by atoms with E-state index in [1.54, 1.807) is 12.1 Å². The molecule has 1 aromatic rings. The van der Waals surface area contributed by atoms with Crippen LogP contribution in [-0.4, -0.2) is 67.5 Å². The lowest BCUT2D eigenvalue weighted by molar-refractivity contribution is -0.148. The molecular weight excluding hydrogens is 300 g/mol. The Morgan fingerprint density at radius 3 is 2.87 bits per heavy atom. The second kappa shape index (κ2) is 6.28. The van der Waals surface area contributed by atoms with Crippen molar-refractivity contribution in [3.8, 4) is 5.75 Å². The molecule has 2 amide bonds. The SMILES string of the molecule is COC(=O)CN1CCN(C(=O)c2ccc3c(c2)CCO3)CC1=O. The molecular formula is C16H18N2O5. The van der Waals surface area contributed by atoms with Gasteiger partial charge in [-0.05, 0) is 23.8 Å². The molecule has 7 heteroatoms. The van der Waals surface area contributed by atoms with E-state index < -0.39 is 5.97 Å². The molecule has 2 aliphatic heterocycles. The number of rotatable bonds is 3. The van der Waals surface area contributed by atoms with Crippen LogP contribution in [0.25, 0.3) is 0 Å². The van der Waals surface area contributed by atoms with Gasteiger partial charge in [0, 0.05) is 25.1 Å². The van der Waals surface area contributed by atoms with E-state index in [1.165, 1.54) is 16.9 Å². The molecule has 7 nitrogen and oxygen atoms in total. The number of methoxy groups -OCH3 is 1. The third-order valence-corrected chi connectivity index (χ3v) is 4.09. The van der Waals surface area contributed by atoms with Gasteiger partial charge in [0.25, 0.3) is 5.91 Å². The van der Waals surface area contributed by atoms with Crippen LogP contribution in [0, 0.1) is 0 Å². The first kappa shape index (κ1) is 15.3. The number of carbonyl (C=O) groups excluding carboxylic acids is 3. The predicted octanol–water partition coefficient (Wildman–Crippen LogP) is 0.0789. The summed E-state index contributed by atoms with van der Waals surface area (Å²) in [6.45, 7) is 1.26. The monoisotopic (exact) mass is 318 g/mol. The first-order valence-corrected chi connectivity index (χ1v) is 7.48. The number of piperazine rings is 1. The van der Waals surface area contributed by atoms with Crippen molar-refractivity contribution in [2.24, 2.45) is 0 Å². The standard InChI is InChI=1S/C16H18N2O5/c1-22-15(20)10-17-5-6-18(9-14(17)19)16(21)12-2-3-13-11(8-12)4-7-23-13/h2-3,8H,4-7,9-10H2,1H3. The van der Waals surface area contributed by atoms with Crippen LogP contribution in [0.1, 0.15) is 15.9 Å². The summed E-state index contributed by atoms with van der Waals surface area (Å²) < 4.78 is 9.99. The van der Waals surface area contributed by atoms with E-state index in [-0.39, 0.29) is 24.9 Å². The summed E-state index contributed by atoms with van der Waals surface area (Å²) in [6.07, 6.45) is 0.794. The zero-order valence-corrected chi connectivity index (χ0v) is 12.9. The molecule has 0 saturated carbocycles. The van der Waals surface area contributed by atoms with E-state index in [0.29, 0.717) is 25.3 Å². The van der Waals surface area contributed by atoms with Gasteiger partial charge in [-0.2, -0.15) is 0 Å². The fraction of sp³-hybridized carbons (Fsp3) is 0.438. The van der Waals surface area contributed by atoms with Crippen LogP contribution in [0.4, 0.5) is 0 Å². The number of amides is 2. The summed E-state index contributed by atoms with van der Waals surface area (Å²) in [5, 5.41) is 0. The average molecular weight is 318 g/mol. The van der Waals surface area contributed by atoms with Crippen molar-refractivity contribution in [1.29, 1.82) is 0 Å². The Kier molecular flexibility index (Phi) is 4.18. The summed E-state index contributed by atoms with van der Waals surface area (Å²) in [5.41, 5.74) is 1.58. The van der Waals surface area contributed by atoms with Gasteiger partial charge in [0.05, 0.1) is 13.7 Å². The number of nitrogens with zero attached hydrogens (tertiary/aromatic N) is 2. The van der Waals surface area contributed by atoms with Crippen LogP contribution in [0.3, 0.4) is 0 Å². The normalized spacial score (nSPS) is 16.8. The molecule has 0 spiro atoms. The minimum atomic E-state index is -0.461. The molecule has 2 heterocycles. The van der Waals surface area contributed by atoms with E-state index in [0.717, 1.165) is 17.7 Å². The Hall–Kier alpha value is -2.57. The summed E-state index contributed by atoms with van der Waals surface area (Å²) in [5.74, 6) is -0.0671. The quantitative estimate of drug-likeness (QED) is 0.738. The highest BCUT2D eigenvalue weighted by Crippen LogP contribution is 2.26. The number of hydrogen-bond donors (Lipinski definition) is 0. The molecule has 0 atom stereocenters. The minimum absolute atomic E-state index is 0.0244. The van der Waals surface area contributed by atoms with E-state index in [4.69, 9.17) is 4.74 Å². The molecule has 1 fully saturated rings. The number of benzene rings is 1.